The number of fused-ring (bicyclic) bond motifs is 1. The molecule has 2 N–H and O–H groups in total. The largest absolute Gasteiger partial charge is 0.478 e. The van der Waals surface area contributed by atoms with Gasteiger partial charge in [0.1, 0.15) is 5.52 Å². The third kappa shape index (κ3) is 3.37. The van der Waals surface area contributed by atoms with Gasteiger partial charge in [0.15, 0.2) is 0 Å². The van der Waals surface area contributed by atoms with Crippen LogP contribution in [-0.4, -0.2) is 25.6 Å². The van der Waals surface area contributed by atoms with Crippen LogP contribution in [0.4, 0.5) is 5.95 Å². The molecule has 0 aliphatic heterocycles. The second kappa shape index (κ2) is 6.92. The summed E-state index contributed by atoms with van der Waals surface area (Å²) in [7, 11) is 1.94. The number of hydrogen-bond acceptors (Lipinski definition) is 4. The summed E-state index contributed by atoms with van der Waals surface area (Å²) in [5, 5.41) is 12.5. The number of aromatic carboxylic acids is 1. The first-order valence-electron chi connectivity index (χ1n) is 8.56. The Kier molecular flexibility index (Phi) is 4.30. The molecule has 2 aromatic carbocycles. The highest BCUT2D eigenvalue weighted by molar-refractivity contribution is 5.90. The van der Waals surface area contributed by atoms with Crippen LogP contribution >= 0.6 is 0 Å². The third-order valence-corrected chi connectivity index (χ3v) is 4.47. The highest BCUT2D eigenvalue weighted by Crippen LogP contribution is 2.24. The molecule has 0 saturated heterocycles. The maximum atomic E-state index is 11.2. The van der Waals surface area contributed by atoms with Gasteiger partial charge in [0.05, 0.1) is 23.0 Å². The van der Waals surface area contributed by atoms with E-state index in [1.54, 1.807) is 24.4 Å². The Bertz CT molecular complexity index is 1120. The Hall–Kier alpha value is -3.67. The fourth-order valence-corrected chi connectivity index (χ4v) is 3.00. The number of imidazole rings is 1. The average molecular weight is 358 g/mol. The number of anilines is 1. The molecule has 0 fully saturated rings. The molecule has 4 rings (SSSR count). The molecule has 0 radical (unpaired) electrons. The maximum absolute atomic E-state index is 11.2. The van der Waals surface area contributed by atoms with Gasteiger partial charge in [-0.05, 0) is 23.8 Å². The van der Waals surface area contributed by atoms with Crippen molar-refractivity contribution in [1.29, 1.82) is 0 Å². The molecule has 0 bridgehead atoms. The van der Waals surface area contributed by atoms with E-state index >= 15 is 0 Å². The number of nitrogens with one attached hydrogen (secondary N) is 1. The van der Waals surface area contributed by atoms with Crippen molar-refractivity contribution < 1.29 is 9.90 Å². The molecule has 2 heterocycles. The predicted molar refractivity (Wildman–Crippen MR) is 105 cm³/mol. The number of carboxylic acids is 1. The molecule has 4 aromatic rings. The molecular formula is C21H18N4O2. The van der Waals surface area contributed by atoms with Crippen molar-refractivity contribution in [3.8, 4) is 11.3 Å². The maximum Gasteiger partial charge on any atom is 0.335 e. The van der Waals surface area contributed by atoms with Crippen LogP contribution in [0.15, 0.2) is 66.9 Å². The van der Waals surface area contributed by atoms with Crippen LogP contribution in [0.5, 0.6) is 0 Å². The topological polar surface area (TPSA) is 80.0 Å². The summed E-state index contributed by atoms with van der Waals surface area (Å²) >= 11 is 0. The Morgan fingerprint density at radius 2 is 1.93 bits per heavy atom. The fourth-order valence-electron chi connectivity index (χ4n) is 3.00. The van der Waals surface area contributed by atoms with Crippen LogP contribution in [0, 0.1) is 0 Å². The number of rotatable bonds is 5. The lowest BCUT2D eigenvalue weighted by Gasteiger charge is -2.06. The smallest absolute Gasteiger partial charge is 0.335 e. The minimum absolute atomic E-state index is 0.240. The molecule has 0 spiro atoms. The van der Waals surface area contributed by atoms with Gasteiger partial charge >= 0.3 is 5.97 Å². The standard InChI is InChI=1S/C21H18N4O2/c1-25-19-11-17(15-8-5-9-16(10-15)20(26)27)22-13-18(19)24-21(25)23-12-14-6-3-2-4-7-14/h2-11,13H,12H2,1H3,(H,23,24)(H,26,27). The second-order valence-corrected chi connectivity index (χ2v) is 6.28. The van der Waals surface area contributed by atoms with Crippen molar-refractivity contribution in [3.05, 3.63) is 78.0 Å². The summed E-state index contributed by atoms with van der Waals surface area (Å²) < 4.78 is 1.98. The summed E-state index contributed by atoms with van der Waals surface area (Å²) in [5.74, 6) is -0.196. The first kappa shape index (κ1) is 16.8. The Morgan fingerprint density at radius 1 is 1.11 bits per heavy atom. The fraction of sp³-hybridized carbons (Fsp3) is 0.0952. The molecule has 0 aliphatic carbocycles. The third-order valence-electron chi connectivity index (χ3n) is 4.47. The van der Waals surface area contributed by atoms with Gasteiger partial charge in [-0.25, -0.2) is 9.78 Å². The van der Waals surface area contributed by atoms with Gasteiger partial charge in [0, 0.05) is 19.2 Å². The number of benzene rings is 2. The van der Waals surface area contributed by atoms with Crippen molar-refractivity contribution in [2.45, 2.75) is 6.54 Å². The number of nitrogens with zero attached hydrogens (tertiary/aromatic N) is 3. The van der Waals surface area contributed by atoms with E-state index in [0.717, 1.165) is 22.5 Å². The molecule has 0 atom stereocenters. The van der Waals surface area contributed by atoms with E-state index in [-0.39, 0.29) is 5.56 Å². The van der Waals surface area contributed by atoms with Crippen LogP contribution in [0.2, 0.25) is 0 Å². The number of carbonyl (C=O) groups is 1. The molecule has 0 saturated carbocycles. The zero-order valence-electron chi connectivity index (χ0n) is 14.8. The Labute approximate surface area is 156 Å². The van der Waals surface area contributed by atoms with Crippen molar-refractivity contribution in [3.63, 3.8) is 0 Å². The van der Waals surface area contributed by atoms with Gasteiger partial charge in [-0.1, -0.05) is 42.5 Å². The van der Waals surface area contributed by atoms with E-state index in [2.05, 4.69) is 27.4 Å². The van der Waals surface area contributed by atoms with Gasteiger partial charge in [-0.2, -0.15) is 0 Å². The normalized spacial score (nSPS) is 10.9. The first-order chi connectivity index (χ1) is 13.1. The van der Waals surface area contributed by atoms with Gasteiger partial charge in [-0.3, -0.25) is 4.98 Å². The average Bonchev–Trinajstić information content (AvgIpc) is 3.02. The second-order valence-electron chi connectivity index (χ2n) is 6.28. The lowest BCUT2D eigenvalue weighted by atomic mass is 10.1. The van der Waals surface area contributed by atoms with E-state index in [9.17, 15) is 9.90 Å². The molecule has 0 unspecified atom stereocenters. The number of carboxylic acid groups (broad SMARTS) is 1. The molecule has 6 heteroatoms. The SMILES string of the molecule is Cn1c(NCc2ccccc2)nc2cnc(-c3cccc(C(=O)O)c3)cc21. The van der Waals surface area contributed by atoms with Crippen molar-refractivity contribution in [1.82, 2.24) is 14.5 Å². The number of hydrogen-bond donors (Lipinski definition) is 2. The van der Waals surface area contributed by atoms with E-state index in [1.165, 1.54) is 5.56 Å². The van der Waals surface area contributed by atoms with Gasteiger partial charge in [0.2, 0.25) is 5.95 Å². The minimum Gasteiger partial charge on any atom is -0.478 e. The lowest BCUT2D eigenvalue weighted by molar-refractivity contribution is 0.0697. The summed E-state index contributed by atoms with van der Waals surface area (Å²) in [6.45, 7) is 0.680. The zero-order valence-corrected chi connectivity index (χ0v) is 14.8. The molecular weight excluding hydrogens is 340 g/mol. The van der Waals surface area contributed by atoms with Gasteiger partial charge in [0.25, 0.3) is 0 Å². The van der Waals surface area contributed by atoms with Crippen LogP contribution in [-0.2, 0) is 13.6 Å². The molecule has 27 heavy (non-hydrogen) atoms. The summed E-state index contributed by atoms with van der Waals surface area (Å²) in [6.07, 6.45) is 1.71. The molecule has 134 valence electrons. The highest BCUT2D eigenvalue weighted by atomic mass is 16.4. The van der Waals surface area contributed by atoms with Crippen molar-refractivity contribution >= 4 is 23.0 Å². The number of aromatic nitrogens is 3. The monoisotopic (exact) mass is 358 g/mol. The van der Waals surface area contributed by atoms with Gasteiger partial charge < -0.3 is 15.0 Å². The molecule has 0 aliphatic rings. The van der Waals surface area contributed by atoms with E-state index in [0.29, 0.717) is 12.2 Å². The predicted octanol–water partition coefficient (Wildman–Crippen LogP) is 3.95. The molecule has 0 amide bonds. The lowest BCUT2D eigenvalue weighted by Crippen LogP contribution is -2.04. The highest BCUT2D eigenvalue weighted by Gasteiger charge is 2.11. The zero-order chi connectivity index (χ0) is 18.8. The van der Waals surface area contributed by atoms with E-state index < -0.39 is 5.97 Å². The van der Waals surface area contributed by atoms with Crippen LogP contribution in [0.25, 0.3) is 22.3 Å². The summed E-state index contributed by atoms with van der Waals surface area (Å²) in [4.78, 5) is 20.3. The minimum atomic E-state index is -0.953. The quantitative estimate of drug-likeness (QED) is 0.565. The number of pyridine rings is 1. The Morgan fingerprint density at radius 3 is 2.70 bits per heavy atom. The summed E-state index contributed by atoms with van der Waals surface area (Å²) in [5.41, 5.74) is 4.60. The Balaban J connectivity index is 1.66. The van der Waals surface area contributed by atoms with Crippen molar-refractivity contribution in [2.24, 2.45) is 7.05 Å². The van der Waals surface area contributed by atoms with Crippen LogP contribution in [0.1, 0.15) is 15.9 Å². The van der Waals surface area contributed by atoms with Gasteiger partial charge in [-0.15, -0.1) is 0 Å². The van der Waals surface area contributed by atoms with E-state index in [1.807, 2.05) is 41.9 Å². The van der Waals surface area contributed by atoms with Crippen molar-refractivity contribution in [2.75, 3.05) is 5.32 Å². The van der Waals surface area contributed by atoms with E-state index in [4.69, 9.17) is 0 Å². The molecule has 2 aromatic heterocycles. The number of aryl methyl sites for hydroxylation is 1. The first-order valence-corrected chi connectivity index (χ1v) is 8.56. The van der Waals surface area contributed by atoms with Crippen LogP contribution < -0.4 is 5.32 Å². The van der Waals surface area contributed by atoms with Crippen LogP contribution in [0.3, 0.4) is 0 Å². The molecule has 6 nitrogen and oxygen atoms in total. The summed E-state index contributed by atoms with van der Waals surface area (Å²) in [6, 6.07) is 18.8.